The van der Waals surface area contributed by atoms with E-state index in [9.17, 15) is 4.79 Å². The molecule has 100 valence electrons. The molecule has 1 aliphatic rings. The number of nitrogens with zero attached hydrogens (tertiary/aromatic N) is 2. The maximum atomic E-state index is 12.4. The van der Waals surface area contributed by atoms with Crippen LogP contribution in [0.3, 0.4) is 0 Å². The zero-order valence-corrected chi connectivity index (χ0v) is 11.9. The molecule has 0 aromatic carbocycles. The average Bonchev–Trinajstić information content (AvgIpc) is 3.06. The van der Waals surface area contributed by atoms with Gasteiger partial charge in [0, 0.05) is 24.4 Å². The molecule has 2 N–H and O–H groups in total. The van der Waals surface area contributed by atoms with Crippen molar-refractivity contribution in [2.45, 2.75) is 39.2 Å². The van der Waals surface area contributed by atoms with Gasteiger partial charge in [0.15, 0.2) is 0 Å². The van der Waals surface area contributed by atoms with E-state index in [4.69, 9.17) is 5.73 Å². The summed E-state index contributed by atoms with van der Waals surface area (Å²) in [6, 6.07) is 0.444. The second-order valence-electron chi connectivity index (χ2n) is 5.25. The van der Waals surface area contributed by atoms with Crippen molar-refractivity contribution >= 4 is 17.2 Å². The lowest BCUT2D eigenvalue weighted by atomic mass is 10.2. The van der Waals surface area contributed by atoms with Crippen LogP contribution in [0.5, 0.6) is 0 Å². The molecule has 0 spiro atoms. The summed E-state index contributed by atoms with van der Waals surface area (Å²) in [6.07, 6.45) is 3.03. The van der Waals surface area contributed by atoms with Gasteiger partial charge in [-0.1, -0.05) is 13.8 Å². The van der Waals surface area contributed by atoms with Crippen LogP contribution in [0.4, 0.5) is 0 Å². The van der Waals surface area contributed by atoms with Crippen LogP contribution >= 0.6 is 11.3 Å². The van der Waals surface area contributed by atoms with Gasteiger partial charge in [-0.25, -0.2) is 4.98 Å². The molecule has 4 nitrogen and oxygen atoms in total. The van der Waals surface area contributed by atoms with Gasteiger partial charge in [-0.3, -0.25) is 4.79 Å². The van der Waals surface area contributed by atoms with Crippen LogP contribution in [0.15, 0.2) is 5.38 Å². The fourth-order valence-corrected chi connectivity index (χ4v) is 2.76. The molecule has 1 saturated carbocycles. The Morgan fingerprint density at radius 2 is 2.33 bits per heavy atom. The van der Waals surface area contributed by atoms with E-state index in [1.165, 1.54) is 11.3 Å². The molecule has 1 amide bonds. The first-order chi connectivity index (χ1) is 8.61. The van der Waals surface area contributed by atoms with Gasteiger partial charge < -0.3 is 10.6 Å². The molecule has 0 unspecified atom stereocenters. The van der Waals surface area contributed by atoms with E-state index in [0.717, 1.165) is 30.8 Å². The van der Waals surface area contributed by atoms with Crippen LogP contribution < -0.4 is 5.73 Å². The lowest BCUT2D eigenvalue weighted by Crippen LogP contribution is -2.36. The second-order valence-corrected chi connectivity index (χ2v) is 6.19. The normalized spacial score (nSPS) is 15.1. The Morgan fingerprint density at radius 1 is 1.61 bits per heavy atom. The summed E-state index contributed by atoms with van der Waals surface area (Å²) in [5.41, 5.74) is 6.09. The highest BCUT2D eigenvalue weighted by molar-refractivity contribution is 7.09. The Balaban J connectivity index is 2.06. The van der Waals surface area contributed by atoms with Crippen LogP contribution in [0, 0.1) is 5.92 Å². The number of rotatable bonds is 6. The summed E-state index contributed by atoms with van der Waals surface area (Å²) in [5, 5.41) is 2.82. The minimum Gasteiger partial charge on any atom is -0.334 e. The number of hydrogen-bond acceptors (Lipinski definition) is 4. The Kier molecular flexibility index (Phi) is 4.35. The zero-order chi connectivity index (χ0) is 13.1. The summed E-state index contributed by atoms with van der Waals surface area (Å²) in [6.45, 7) is 5.69. The minimum atomic E-state index is 0.0886. The molecule has 0 saturated heterocycles. The minimum absolute atomic E-state index is 0.0886. The lowest BCUT2D eigenvalue weighted by Gasteiger charge is -2.23. The summed E-state index contributed by atoms with van der Waals surface area (Å²) in [4.78, 5) is 18.8. The first-order valence-electron chi connectivity index (χ1n) is 6.57. The second kappa shape index (κ2) is 5.80. The number of thiazole rings is 1. The SMILES string of the molecule is CC(C)CN(C(=O)c1csc(CCN)n1)C1CC1. The molecule has 18 heavy (non-hydrogen) atoms. The lowest BCUT2D eigenvalue weighted by molar-refractivity contribution is 0.0717. The van der Waals surface area contributed by atoms with Crippen LogP contribution in [0.2, 0.25) is 0 Å². The van der Waals surface area contributed by atoms with E-state index in [0.29, 0.717) is 24.2 Å². The Morgan fingerprint density at radius 3 is 2.89 bits per heavy atom. The van der Waals surface area contributed by atoms with Crippen molar-refractivity contribution in [3.63, 3.8) is 0 Å². The molecule has 1 aliphatic carbocycles. The largest absolute Gasteiger partial charge is 0.334 e. The van der Waals surface area contributed by atoms with E-state index in [1.54, 1.807) is 0 Å². The predicted molar refractivity (Wildman–Crippen MR) is 73.8 cm³/mol. The van der Waals surface area contributed by atoms with Crippen LogP contribution in [-0.2, 0) is 6.42 Å². The van der Waals surface area contributed by atoms with Gasteiger partial charge >= 0.3 is 0 Å². The Labute approximate surface area is 112 Å². The zero-order valence-electron chi connectivity index (χ0n) is 11.1. The fraction of sp³-hybridized carbons (Fsp3) is 0.692. The molecule has 2 rings (SSSR count). The van der Waals surface area contributed by atoms with Crippen LogP contribution in [0.1, 0.15) is 42.2 Å². The number of amides is 1. The highest BCUT2D eigenvalue weighted by atomic mass is 32.1. The fourth-order valence-electron chi connectivity index (χ4n) is 1.97. The molecule has 5 heteroatoms. The molecular weight excluding hydrogens is 246 g/mol. The van der Waals surface area contributed by atoms with E-state index in [-0.39, 0.29) is 5.91 Å². The predicted octanol–water partition coefficient (Wildman–Crippen LogP) is 1.90. The Hall–Kier alpha value is -0.940. The summed E-state index contributed by atoms with van der Waals surface area (Å²) < 4.78 is 0. The summed E-state index contributed by atoms with van der Waals surface area (Å²) in [5.74, 6) is 0.586. The number of aromatic nitrogens is 1. The number of nitrogens with two attached hydrogens (primary N) is 1. The molecule has 1 heterocycles. The van der Waals surface area contributed by atoms with Crippen molar-refractivity contribution in [1.82, 2.24) is 9.88 Å². The third-order valence-corrected chi connectivity index (χ3v) is 3.85. The Bertz CT molecular complexity index is 412. The van der Waals surface area contributed by atoms with E-state index in [1.807, 2.05) is 10.3 Å². The third kappa shape index (κ3) is 3.29. The van der Waals surface area contributed by atoms with Crippen molar-refractivity contribution in [3.05, 3.63) is 16.1 Å². The van der Waals surface area contributed by atoms with E-state index >= 15 is 0 Å². The van der Waals surface area contributed by atoms with E-state index in [2.05, 4.69) is 18.8 Å². The molecule has 0 atom stereocenters. The molecule has 0 bridgehead atoms. The molecule has 0 aliphatic heterocycles. The highest BCUT2D eigenvalue weighted by Gasteiger charge is 2.34. The van der Waals surface area contributed by atoms with Crippen molar-refractivity contribution in [3.8, 4) is 0 Å². The summed E-state index contributed by atoms with van der Waals surface area (Å²) >= 11 is 1.53. The maximum Gasteiger partial charge on any atom is 0.273 e. The highest BCUT2D eigenvalue weighted by Crippen LogP contribution is 2.29. The maximum absolute atomic E-state index is 12.4. The number of carbonyl (C=O) groups excluding carboxylic acids is 1. The van der Waals surface area contributed by atoms with Gasteiger partial charge in [-0.2, -0.15) is 0 Å². The van der Waals surface area contributed by atoms with Crippen LogP contribution in [0.25, 0.3) is 0 Å². The van der Waals surface area contributed by atoms with Gasteiger partial charge in [0.05, 0.1) is 5.01 Å². The standard InChI is InChI=1S/C13H21N3OS/c1-9(2)7-16(10-3-4-10)13(17)11-8-18-12(15-11)5-6-14/h8-10H,3-7,14H2,1-2H3. The molecule has 1 aromatic rings. The van der Waals surface area contributed by atoms with Gasteiger partial charge in [0.25, 0.3) is 5.91 Å². The third-order valence-electron chi connectivity index (χ3n) is 2.94. The van der Waals surface area contributed by atoms with Gasteiger partial charge in [0.1, 0.15) is 5.69 Å². The van der Waals surface area contributed by atoms with Crippen molar-refractivity contribution < 1.29 is 4.79 Å². The molecule has 0 radical (unpaired) electrons. The van der Waals surface area contributed by atoms with Crippen molar-refractivity contribution in [2.24, 2.45) is 11.7 Å². The van der Waals surface area contributed by atoms with Gasteiger partial charge in [-0.15, -0.1) is 11.3 Å². The van der Waals surface area contributed by atoms with Crippen molar-refractivity contribution in [2.75, 3.05) is 13.1 Å². The van der Waals surface area contributed by atoms with Crippen LogP contribution in [-0.4, -0.2) is 34.9 Å². The van der Waals surface area contributed by atoms with Crippen molar-refractivity contribution in [1.29, 1.82) is 0 Å². The van der Waals surface area contributed by atoms with E-state index < -0.39 is 0 Å². The van der Waals surface area contributed by atoms with Gasteiger partial charge in [-0.05, 0) is 25.3 Å². The molecule has 1 aromatic heterocycles. The monoisotopic (exact) mass is 267 g/mol. The smallest absolute Gasteiger partial charge is 0.273 e. The summed E-state index contributed by atoms with van der Waals surface area (Å²) in [7, 11) is 0. The average molecular weight is 267 g/mol. The number of hydrogen-bond donors (Lipinski definition) is 1. The van der Waals surface area contributed by atoms with Gasteiger partial charge in [0.2, 0.25) is 0 Å². The molecule has 1 fully saturated rings. The first-order valence-corrected chi connectivity index (χ1v) is 7.45. The topological polar surface area (TPSA) is 59.2 Å². The number of carbonyl (C=O) groups is 1. The quantitative estimate of drug-likeness (QED) is 0.856. The first kappa shape index (κ1) is 13.5. The molecular formula is C13H21N3OS.